The Hall–Kier alpha value is -5.60. The van der Waals surface area contributed by atoms with Gasteiger partial charge in [-0.05, 0) is 89.3 Å². The van der Waals surface area contributed by atoms with Crippen molar-refractivity contribution in [3.8, 4) is 27.9 Å². The molecule has 8 rings (SSSR count). The van der Waals surface area contributed by atoms with Crippen LogP contribution in [-0.2, 0) is 0 Å². The Labute approximate surface area is 258 Å². The summed E-state index contributed by atoms with van der Waals surface area (Å²) in [5.41, 5.74) is 10.9. The van der Waals surface area contributed by atoms with Gasteiger partial charge < -0.3 is 9.47 Å². The van der Waals surface area contributed by atoms with Crippen molar-refractivity contribution in [1.29, 1.82) is 0 Å². The molecule has 0 saturated heterocycles. The molecule has 2 nitrogen and oxygen atoms in total. The predicted octanol–water partition coefficient (Wildman–Crippen LogP) is 11.1. The molecule has 1 atom stereocenters. The van der Waals surface area contributed by atoms with Crippen molar-refractivity contribution in [3.63, 3.8) is 0 Å². The molecule has 1 aromatic heterocycles. The monoisotopic (exact) mass is 564 g/mol. The molecule has 1 aliphatic rings. The lowest BCUT2D eigenvalue weighted by Crippen LogP contribution is -2.29. The van der Waals surface area contributed by atoms with Gasteiger partial charge >= 0.3 is 0 Å². The van der Waals surface area contributed by atoms with Crippen molar-refractivity contribution in [2.75, 3.05) is 4.90 Å². The molecule has 1 unspecified atom stereocenters. The number of allylic oxidation sites excluding steroid dienone is 2. The highest BCUT2D eigenvalue weighted by molar-refractivity contribution is 6.11. The summed E-state index contributed by atoms with van der Waals surface area (Å²) in [6.07, 6.45) is 9.82. The zero-order valence-corrected chi connectivity index (χ0v) is 24.4. The molecule has 0 spiro atoms. The van der Waals surface area contributed by atoms with Gasteiger partial charge in [-0.1, -0.05) is 115 Å². The van der Waals surface area contributed by atoms with E-state index in [0.717, 1.165) is 6.42 Å². The number of para-hydroxylation sites is 2. The van der Waals surface area contributed by atoms with Crippen molar-refractivity contribution in [2.45, 2.75) is 12.5 Å². The van der Waals surface area contributed by atoms with Crippen molar-refractivity contribution in [1.82, 2.24) is 4.57 Å². The van der Waals surface area contributed by atoms with E-state index in [4.69, 9.17) is 0 Å². The number of anilines is 2. The molecule has 1 heterocycles. The van der Waals surface area contributed by atoms with E-state index in [2.05, 4.69) is 185 Å². The summed E-state index contributed by atoms with van der Waals surface area (Å²) in [6.45, 7) is 0. The standard InChI is InChI=1S/C42H32N2/c1-5-13-31(14-6-1)33-23-27-41-39(29-33)40-30-34(24-28-42(40)44(41)37-19-11-4-12-20-37)32-21-25-38(26-22-32)43(35-15-7-2-8-16-35)36-17-9-3-10-18-36/h1-17,19-30,36H,18H2. The fraction of sp³-hybridized carbons (Fsp3) is 0.0476. The van der Waals surface area contributed by atoms with Gasteiger partial charge in [0.15, 0.2) is 0 Å². The largest absolute Gasteiger partial charge is 0.334 e. The Balaban J connectivity index is 1.24. The Bertz CT molecular complexity index is 2120. The molecule has 2 heteroatoms. The fourth-order valence-electron chi connectivity index (χ4n) is 6.56. The van der Waals surface area contributed by atoms with Gasteiger partial charge in [-0.25, -0.2) is 0 Å². The molecule has 0 amide bonds. The van der Waals surface area contributed by atoms with Gasteiger partial charge in [-0.15, -0.1) is 0 Å². The molecule has 210 valence electrons. The predicted molar refractivity (Wildman–Crippen MR) is 187 cm³/mol. The van der Waals surface area contributed by atoms with Crippen LogP contribution in [0.3, 0.4) is 0 Å². The summed E-state index contributed by atoms with van der Waals surface area (Å²) >= 11 is 0. The maximum atomic E-state index is 2.44. The van der Waals surface area contributed by atoms with Gasteiger partial charge in [0.1, 0.15) is 0 Å². The van der Waals surface area contributed by atoms with Gasteiger partial charge in [0, 0.05) is 27.8 Å². The normalized spacial score (nSPS) is 14.3. The number of aromatic nitrogens is 1. The van der Waals surface area contributed by atoms with Gasteiger partial charge in [-0.2, -0.15) is 0 Å². The quantitative estimate of drug-likeness (QED) is 0.195. The Morgan fingerprint density at radius 1 is 0.477 bits per heavy atom. The Morgan fingerprint density at radius 3 is 1.59 bits per heavy atom. The molecule has 0 bridgehead atoms. The average molecular weight is 565 g/mol. The second-order valence-electron chi connectivity index (χ2n) is 11.4. The number of nitrogens with zero attached hydrogens (tertiary/aromatic N) is 2. The minimum Gasteiger partial charge on any atom is -0.334 e. The van der Waals surface area contributed by atoms with Crippen LogP contribution in [0.15, 0.2) is 176 Å². The summed E-state index contributed by atoms with van der Waals surface area (Å²) in [5.74, 6) is 0. The van der Waals surface area contributed by atoms with Crippen LogP contribution in [0.2, 0.25) is 0 Å². The van der Waals surface area contributed by atoms with E-state index in [9.17, 15) is 0 Å². The van der Waals surface area contributed by atoms with E-state index >= 15 is 0 Å². The van der Waals surface area contributed by atoms with Crippen LogP contribution in [0.4, 0.5) is 11.4 Å². The Morgan fingerprint density at radius 2 is 1.00 bits per heavy atom. The minimum atomic E-state index is 0.285. The van der Waals surface area contributed by atoms with E-state index in [1.807, 2.05) is 0 Å². The molecular weight excluding hydrogens is 532 g/mol. The summed E-state index contributed by atoms with van der Waals surface area (Å²) < 4.78 is 2.39. The first-order valence-electron chi connectivity index (χ1n) is 15.3. The van der Waals surface area contributed by atoms with E-state index in [0.29, 0.717) is 0 Å². The topological polar surface area (TPSA) is 8.17 Å². The smallest absolute Gasteiger partial charge is 0.0559 e. The lowest BCUT2D eigenvalue weighted by Gasteiger charge is -2.32. The van der Waals surface area contributed by atoms with Crippen molar-refractivity contribution in [2.24, 2.45) is 0 Å². The first-order chi connectivity index (χ1) is 21.8. The SMILES string of the molecule is C1=CCC(N(c2ccccc2)c2ccc(-c3ccc4c(c3)c3cc(-c5ccccc5)ccc3n4-c3ccccc3)cc2)C=C1. The minimum absolute atomic E-state index is 0.285. The summed E-state index contributed by atoms with van der Waals surface area (Å²) in [6, 6.07) is 55.1. The van der Waals surface area contributed by atoms with Crippen LogP contribution in [0.5, 0.6) is 0 Å². The summed E-state index contributed by atoms with van der Waals surface area (Å²) in [5, 5.41) is 2.52. The number of benzene rings is 6. The molecule has 0 radical (unpaired) electrons. The molecule has 6 aromatic carbocycles. The third-order valence-electron chi connectivity index (χ3n) is 8.69. The first kappa shape index (κ1) is 26.1. The van der Waals surface area contributed by atoms with Gasteiger partial charge in [-0.3, -0.25) is 0 Å². The van der Waals surface area contributed by atoms with Crippen molar-refractivity contribution < 1.29 is 0 Å². The van der Waals surface area contributed by atoms with Crippen LogP contribution in [-0.4, -0.2) is 10.6 Å². The zero-order chi connectivity index (χ0) is 29.3. The zero-order valence-electron chi connectivity index (χ0n) is 24.4. The molecule has 7 aromatic rings. The van der Waals surface area contributed by atoms with E-state index in [1.54, 1.807) is 0 Å². The van der Waals surface area contributed by atoms with Crippen molar-refractivity contribution >= 4 is 33.2 Å². The third-order valence-corrected chi connectivity index (χ3v) is 8.69. The number of hydrogen-bond acceptors (Lipinski definition) is 1. The van der Waals surface area contributed by atoms with Gasteiger partial charge in [0.05, 0.1) is 17.1 Å². The second kappa shape index (κ2) is 11.2. The number of rotatable bonds is 6. The highest BCUT2D eigenvalue weighted by Crippen LogP contribution is 2.38. The molecule has 1 aliphatic carbocycles. The lowest BCUT2D eigenvalue weighted by atomic mass is 9.99. The Kier molecular flexibility index (Phi) is 6.66. The van der Waals surface area contributed by atoms with E-state index in [1.165, 1.54) is 61.1 Å². The first-order valence-corrected chi connectivity index (χ1v) is 15.3. The van der Waals surface area contributed by atoms with Crippen LogP contribution in [0.25, 0.3) is 49.7 Å². The van der Waals surface area contributed by atoms with Gasteiger partial charge in [0.2, 0.25) is 0 Å². The fourth-order valence-corrected chi connectivity index (χ4v) is 6.56. The van der Waals surface area contributed by atoms with E-state index < -0.39 is 0 Å². The molecule has 0 fully saturated rings. The highest BCUT2D eigenvalue weighted by Gasteiger charge is 2.19. The molecular formula is C42H32N2. The number of fused-ring (bicyclic) bond motifs is 3. The molecule has 0 saturated carbocycles. The van der Waals surface area contributed by atoms with E-state index in [-0.39, 0.29) is 6.04 Å². The van der Waals surface area contributed by atoms with Crippen LogP contribution in [0, 0.1) is 0 Å². The summed E-state index contributed by atoms with van der Waals surface area (Å²) in [7, 11) is 0. The van der Waals surface area contributed by atoms with Crippen LogP contribution < -0.4 is 4.90 Å². The second-order valence-corrected chi connectivity index (χ2v) is 11.4. The molecule has 44 heavy (non-hydrogen) atoms. The molecule has 0 N–H and O–H groups in total. The number of hydrogen-bond donors (Lipinski definition) is 0. The average Bonchev–Trinajstić information content (AvgIpc) is 3.43. The maximum absolute atomic E-state index is 2.44. The highest BCUT2D eigenvalue weighted by atomic mass is 15.2. The maximum Gasteiger partial charge on any atom is 0.0559 e. The molecule has 0 aliphatic heterocycles. The summed E-state index contributed by atoms with van der Waals surface area (Å²) in [4.78, 5) is 2.44. The van der Waals surface area contributed by atoms with Crippen LogP contribution in [0.1, 0.15) is 6.42 Å². The lowest BCUT2D eigenvalue weighted by molar-refractivity contribution is 0.785. The van der Waals surface area contributed by atoms with Gasteiger partial charge in [0.25, 0.3) is 0 Å². The third kappa shape index (κ3) is 4.71. The van der Waals surface area contributed by atoms with Crippen molar-refractivity contribution in [3.05, 3.63) is 176 Å². The van der Waals surface area contributed by atoms with Crippen LogP contribution >= 0.6 is 0 Å².